The zero-order chi connectivity index (χ0) is 23.6. The lowest BCUT2D eigenvalue weighted by Crippen LogP contribution is -2.08. The van der Waals surface area contributed by atoms with Crippen molar-refractivity contribution in [1.82, 2.24) is 0 Å². The molecule has 0 radical (unpaired) electrons. The van der Waals surface area contributed by atoms with Gasteiger partial charge in [-0.25, -0.2) is 13.2 Å². The van der Waals surface area contributed by atoms with Crippen LogP contribution in [0.2, 0.25) is 0 Å². The zero-order valence-corrected chi connectivity index (χ0v) is 18.8. The molecule has 0 unspecified atom stereocenters. The SMILES string of the molecule is CC(C)c1ccc(S(=O)(=O)c2ccc(N/N=C/c3c(O)c4ccccc4oc3=O)cc2)cc1. The number of aromatic hydroxyl groups is 1. The average molecular weight is 463 g/mol. The smallest absolute Gasteiger partial charge is 0.349 e. The molecule has 0 aliphatic carbocycles. The Morgan fingerprint density at radius 1 is 0.939 bits per heavy atom. The number of hydrogen-bond acceptors (Lipinski definition) is 7. The number of benzene rings is 3. The fourth-order valence-corrected chi connectivity index (χ4v) is 4.57. The molecule has 8 heteroatoms. The summed E-state index contributed by atoms with van der Waals surface area (Å²) in [6, 6.07) is 19.6. The van der Waals surface area contributed by atoms with Crippen LogP contribution in [0, 0.1) is 0 Å². The minimum atomic E-state index is -3.65. The zero-order valence-electron chi connectivity index (χ0n) is 18.0. The van der Waals surface area contributed by atoms with Gasteiger partial charge >= 0.3 is 5.63 Å². The van der Waals surface area contributed by atoms with Gasteiger partial charge in [0.25, 0.3) is 0 Å². The molecule has 4 aromatic rings. The molecule has 0 aliphatic heterocycles. The molecule has 2 N–H and O–H groups in total. The van der Waals surface area contributed by atoms with Crippen molar-refractivity contribution in [3.8, 4) is 5.75 Å². The monoisotopic (exact) mass is 462 g/mol. The second kappa shape index (κ2) is 8.91. The van der Waals surface area contributed by atoms with Gasteiger partial charge in [0.1, 0.15) is 16.9 Å². The summed E-state index contributed by atoms with van der Waals surface area (Å²) in [7, 11) is -3.65. The van der Waals surface area contributed by atoms with Gasteiger partial charge in [-0.05, 0) is 60.0 Å². The Kier molecular flexibility index (Phi) is 6.02. The molecule has 3 aromatic carbocycles. The van der Waals surface area contributed by atoms with Gasteiger partial charge in [0.15, 0.2) is 0 Å². The van der Waals surface area contributed by atoms with E-state index in [1.165, 1.54) is 12.1 Å². The maximum absolute atomic E-state index is 12.9. The van der Waals surface area contributed by atoms with E-state index < -0.39 is 15.5 Å². The van der Waals surface area contributed by atoms with Crippen LogP contribution in [-0.4, -0.2) is 19.7 Å². The van der Waals surface area contributed by atoms with E-state index in [4.69, 9.17) is 4.42 Å². The maximum atomic E-state index is 12.9. The molecule has 0 atom stereocenters. The molecule has 33 heavy (non-hydrogen) atoms. The first-order valence-corrected chi connectivity index (χ1v) is 11.7. The van der Waals surface area contributed by atoms with Crippen molar-refractivity contribution in [2.45, 2.75) is 29.6 Å². The van der Waals surface area contributed by atoms with Crippen LogP contribution in [0.1, 0.15) is 30.9 Å². The summed E-state index contributed by atoms with van der Waals surface area (Å²) < 4.78 is 31.0. The normalized spacial score (nSPS) is 12.0. The molecular weight excluding hydrogens is 440 g/mol. The number of para-hydroxylation sites is 1. The van der Waals surface area contributed by atoms with Gasteiger partial charge in [-0.15, -0.1) is 0 Å². The predicted molar refractivity (Wildman–Crippen MR) is 128 cm³/mol. The summed E-state index contributed by atoms with van der Waals surface area (Å²) >= 11 is 0. The minimum absolute atomic E-state index is 0.0924. The van der Waals surface area contributed by atoms with Gasteiger partial charge in [0, 0.05) is 0 Å². The molecule has 0 amide bonds. The van der Waals surface area contributed by atoms with E-state index >= 15 is 0 Å². The number of nitrogens with one attached hydrogen (secondary N) is 1. The van der Waals surface area contributed by atoms with Crippen molar-refractivity contribution in [3.05, 3.63) is 94.3 Å². The summed E-state index contributed by atoms with van der Waals surface area (Å²) in [6.45, 7) is 4.09. The molecule has 0 aliphatic rings. The molecule has 0 fully saturated rings. The number of fused-ring (bicyclic) bond motifs is 1. The van der Waals surface area contributed by atoms with E-state index in [9.17, 15) is 18.3 Å². The van der Waals surface area contributed by atoms with Crippen LogP contribution in [0.4, 0.5) is 5.69 Å². The third kappa shape index (κ3) is 4.51. The summed E-state index contributed by atoms with van der Waals surface area (Å²) in [5, 5.41) is 14.7. The Balaban J connectivity index is 1.52. The van der Waals surface area contributed by atoms with Gasteiger partial charge in [-0.2, -0.15) is 5.10 Å². The molecule has 0 spiro atoms. The van der Waals surface area contributed by atoms with Crippen molar-refractivity contribution < 1.29 is 17.9 Å². The van der Waals surface area contributed by atoms with Crippen molar-refractivity contribution in [1.29, 1.82) is 0 Å². The number of nitrogens with zero attached hydrogens (tertiary/aromatic N) is 1. The lowest BCUT2D eigenvalue weighted by molar-refractivity contribution is 0.466. The van der Waals surface area contributed by atoms with Crippen molar-refractivity contribution in [2.24, 2.45) is 5.10 Å². The van der Waals surface area contributed by atoms with Crippen molar-refractivity contribution in [2.75, 3.05) is 5.43 Å². The summed E-state index contributed by atoms with van der Waals surface area (Å²) in [4.78, 5) is 12.5. The second-order valence-corrected chi connectivity index (χ2v) is 9.72. The number of hydrogen-bond donors (Lipinski definition) is 2. The number of anilines is 1. The van der Waals surface area contributed by atoms with Gasteiger partial charge in [0.2, 0.25) is 9.84 Å². The highest BCUT2D eigenvalue weighted by Gasteiger charge is 2.17. The predicted octanol–water partition coefficient (Wildman–Crippen LogP) is 4.90. The second-order valence-electron chi connectivity index (χ2n) is 7.77. The molecule has 168 valence electrons. The van der Waals surface area contributed by atoms with Gasteiger partial charge in [-0.3, -0.25) is 5.43 Å². The number of rotatable bonds is 6. The van der Waals surface area contributed by atoms with E-state index in [0.717, 1.165) is 11.8 Å². The van der Waals surface area contributed by atoms with Gasteiger partial charge in [-0.1, -0.05) is 38.1 Å². The summed E-state index contributed by atoms with van der Waals surface area (Å²) in [5.41, 5.74) is 3.75. The molecule has 0 bridgehead atoms. The molecule has 0 saturated carbocycles. The Hall–Kier alpha value is -3.91. The fraction of sp³-hybridized carbons (Fsp3) is 0.120. The van der Waals surface area contributed by atoms with Crippen molar-refractivity contribution >= 4 is 32.7 Å². The van der Waals surface area contributed by atoms with E-state index in [-0.39, 0.29) is 26.7 Å². The molecule has 0 saturated heterocycles. The van der Waals surface area contributed by atoms with Crippen LogP contribution in [0.25, 0.3) is 11.0 Å². The Morgan fingerprint density at radius 2 is 1.55 bits per heavy atom. The summed E-state index contributed by atoms with van der Waals surface area (Å²) in [6.07, 6.45) is 1.16. The Bertz CT molecular complexity index is 1490. The van der Waals surface area contributed by atoms with E-state index in [1.54, 1.807) is 48.5 Å². The standard InChI is InChI=1S/C25H22N2O5S/c1-16(2)17-7-11-19(12-8-17)33(30,31)20-13-9-18(10-14-20)27-26-15-22-24(28)21-5-3-4-6-23(21)32-25(22)29/h3-16,27-28H,1-2H3/b26-15+. The highest BCUT2D eigenvalue weighted by Crippen LogP contribution is 2.26. The molecular formula is C25H22N2O5S. The quantitative estimate of drug-likeness (QED) is 0.240. The molecule has 4 rings (SSSR count). The third-order valence-electron chi connectivity index (χ3n) is 5.23. The Labute approximate surface area is 190 Å². The van der Waals surface area contributed by atoms with Crippen molar-refractivity contribution in [3.63, 3.8) is 0 Å². The largest absolute Gasteiger partial charge is 0.506 e. The highest BCUT2D eigenvalue weighted by molar-refractivity contribution is 7.91. The van der Waals surface area contributed by atoms with E-state index in [1.807, 2.05) is 26.0 Å². The third-order valence-corrected chi connectivity index (χ3v) is 7.01. The fourth-order valence-electron chi connectivity index (χ4n) is 3.31. The van der Waals surface area contributed by atoms with Crippen LogP contribution in [0.5, 0.6) is 5.75 Å². The number of sulfone groups is 1. The lowest BCUT2D eigenvalue weighted by Gasteiger charge is -2.09. The van der Waals surface area contributed by atoms with Crippen LogP contribution < -0.4 is 11.1 Å². The Morgan fingerprint density at radius 3 is 2.18 bits per heavy atom. The maximum Gasteiger partial charge on any atom is 0.349 e. The van der Waals surface area contributed by atoms with Gasteiger partial charge in [0.05, 0.1) is 27.1 Å². The van der Waals surface area contributed by atoms with Crippen LogP contribution >= 0.6 is 0 Å². The first kappa shape index (κ1) is 22.3. The molecule has 1 aromatic heterocycles. The van der Waals surface area contributed by atoms with E-state index in [0.29, 0.717) is 17.0 Å². The van der Waals surface area contributed by atoms with Crippen LogP contribution in [0.15, 0.2) is 96.9 Å². The summed E-state index contributed by atoms with van der Waals surface area (Å²) in [5.74, 6) is 0.0906. The van der Waals surface area contributed by atoms with E-state index in [2.05, 4.69) is 10.5 Å². The van der Waals surface area contributed by atoms with Gasteiger partial charge < -0.3 is 9.52 Å². The lowest BCUT2D eigenvalue weighted by atomic mass is 10.0. The topological polar surface area (TPSA) is 109 Å². The molecule has 7 nitrogen and oxygen atoms in total. The first-order valence-electron chi connectivity index (χ1n) is 10.3. The highest BCUT2D eigenvalue weighted by atomic mass is 32.2. The number of hydrazone groups is 1. The average Bonchev–Trinajstić information content (AvgIpc) is 2.81. The minimum Gasteiger partial charge on any atom is -0.506 e. The first-order chi connectivity index (χ1) is 15.8. The van der Waals surface area contributed by atoms with Crippen LogP contribution in [-0.2, 0) is 9.84 Å². The van der Waals surface area contributed by atoms with Crippen LogP contribution in [0.3, 0.4) is 0 Å². The molecule has 1 heterocycles.